The van der Waals surface area contributed by atoms with E-state index in [-0.39, 0.29) is 23.5 Å². The molecule has 0 radical (unpaired) electrons. The lowest BCUT2D eigenvalue weighted by Gasteiger charge is -2.20. The third-order valence-electron chi connectivity index (χ3n) is 4.16. The summed E-state index contributed by atoms with van der Waals surface area (Å²) in [4.78, 5) is 24.7. The second-order valence-corrected chi connectivity index (χ2v) is 6.95. The number of halogens is 2. The van der Waals surface area contributed by atoms with E-state index < -0.39 is 5.91 Å². The van der Waals surface area contributed by atoms with Crippen LogP contribution in [-0.2, 0) is 4.79 Å². The average molecular weight is 413 g/mol. The smallest absolute Gasteiger partial charge is 0.251 e. The molecule has 0 atom stereocenters. The Balaban J connectivity index is 1.67. The Labute approximate surface area is 173 Å². The van der Waals surface area contributed by atoms with Gasteiger partial charge in [-0.3, -0.25) is 9.59 Å². The molecule has 0 saturated carbocycles. The van der Waals surface area contributed by atoms with Crippen molar-refractivity contribution in [2.45, 2.75) is 6.04 Å². The molecule has 0 unspecified atom stereocenters. The molecule has 0 spiro atoms. The van der Waals surface area contributed by atoms with Crippen LogP contribution in [0.2, 0.25) is 10.0 Å². The van der Waals surface area contributed by atoms with Crippen LogP contribution in [0.4, 0.5) is 0 Å². The SMILES string of the molecule is O=C(CNC(=O)c1ccc(Cl)c(Cl)c1)NC(c1ccccc1)c1ccccc1. The van der Waals surface area contributed by atoms with Crippen molar-refractivity contribution in [1.29, 1.82) is 0 Å². The van der Waals surface area contributed by atoms with Crippen molar-refractivity contribution < 1.29 is 9.59 Å². The highest BCUT2D eigenvalue weighted by atomic mass is 35.5. The Kier molecular flexibility index (Phi) is 6.69. The van der Waals surface area contributed by atoms with Crippen LogP contribution >= 0.6 is 23.2 Å². The number of nitrogens with one attached hydrogen (secondary N) is 2. The predicted molar refractivity (Wildman–Crippen MR) is 112 cm³/mol. The molecule has 3 rings (SSSR count). The second kappa shape index (κ2) is 9.40. The molecule has 2 amide bonds. The monoisotopic (exact) mass is 412 g/mol. The van der Waals surface area contributed by atoms with Crippen molar-refractivity contribution in [3.8, 4) is 0 Å². The molecule has 0 fully saturated rings. The van der Waals surface area contributed by atoms with Crippen LogP contribution < -0.4 is 10.6 Å². The Morgan fingerprint density at radius 3 is 1.89 bits per heavy atom. The van der Waals surface area contributed by atoms with Gasteiger partial charge in [0.15, 0.2) is 0 Å². The summed E-state index contributed by atoms with van der Waals surface area (Å²) >= 11 is 11.8. The zero-order chi connectivity index (χ0) is 19.9. The molecule has 3 aromatic carbocycles. The standard InChI is InChI=1S/C22H18Cl2N2O2/c23-18-12-11-17(13-19(18)24)22(28)25-14-20(27)26-21(15-7-3-1-4-8-15)16-9-5-2-6-10-16/h1-13,21H,14H2,(H,25,28)(H,26,27). The van der Waals surface area contributed by atoms with Gasteiger partial charge < -0.3 is 10.6 Å². The van der Waals surface area contributed by atoms with Crippen LogP contribution in [0.25, 0.3) is 0 Å². The van der Waals surface area contributed by atoms with Gasteiger partial charge >= 0.3 is 0 Å². The minimum Gasteiger partial charge on any atom is -0.344 e. The maximum Gasteiger partial charge on any atom is 0.251 e. The van der Waals surface area contributed by atoms with Crippen LogP contribution in [0.5, 0.6) is 0 Å². The van der Waals surface area contributed by atoms with E-state index >= 15 is 0 Å². The van der Waals surface area contributed by atoms with E-state index in [1.54, 1.807) is 12.1 Å². The number of rotatable bonds is 6. The minimum absolute atomic E-state index is 0.157. The summed E-state index contributed by atoms with van der Waals surface area (Å²) in [5.74, 6) is -0.698. The number of benzene rings is 3. The van der Waals surface area contributed by atoms with Gasteiger partial charge in [0.05, 0.1) is 22.6 Å². The maximum absolute atomic E-state index is 12.5. The summed E-state index contributed by atoms with van der Waals surface area (Å²) in [5.41, 5.74) is 2.25. The van der Waals surface area contributed by atoms with Crippen molar-refractivity contribution in [3.63, 3.8) is 0 Å². The highest BCUT2D eigenvalue weighted by Gasteiger charge is 2.17. The topological polar surface area (TPSA) is 58.2 Å². The minimum atomic E-state index is -0.398. The van der Waals surface area contributed by atoms with E-state index in [4.69, 9.17) is 23.2 Å². The molecule has 142 valence electrons. The van der Waals surface area contributed by atoms with Crippen LogP contribution in [0.15, 0.2) is 78.9 Å². The number of carbonyl (C=O) groups is 2. The molecular formula is C22H18Cl2N2O2. The van der Waals surface area contributed by atoms with Gasteiger partial charge in [-0.15, -0.1) is 0 Å². The van der Waals surface area contributed by atoms with E-state index in [1.165, 1.54) is 6.07 Å². The Hall–Kier alpha value is -2.82. The highest BCUT2D eigenvalue weighted by Crippen LogP contribution is 2.23. The number of amides is 2. The van der Waals surface area contributed by atoms with Gasteiger partial charge in [0, 0.05) is 5.56 Å². The molecule has 2 N–H and O–H groups in total. The summed E-state index contributed by atoms with van der Waals surface area (Å²) in [6.45, 7) is -0.157. The van der Waals surface area contributed by atoms with E-state index in [0.29, 0.717) is 10.6 Å². The first-order valence-corrected chi connectivity index (χ1v) is 9.42. The normalized spacial score (nSPS) is 10.5. The molecule has 28 heavy (non-hydrogen) atoms. The van der Waals surface area contributed by atoms with Crippen molar-refractivity contribution in [2.24, 2.45) is 0 Å². The number of hydrogen-bond acceptors (Lipinski definition) is 2. The fourth-order valence-corrected chi connectivity index (χ4v) is 3.06. The van der Waals surface area contributed by atoms with E-state index in [1.807, 2.05) is 60.7 Å². The molecule has 3 aromatic rings. The lowest BCUT2D eigenvalue weighted by Crippen LogP contribution is -2.39. The summed E-state index contributed by atoms with van der Waals surface area (Å²) in [5, 5.41) is 6.23. The van der Waals surface area contributed by atoms with Crippen molar-refractivity contribution >= 4 is 35.0 Å². The molecule has 0 aliphatic carbocycles. The first-order chi connectivity index (χ1) is 13.5. The summed E-state index contributed by atoms with van der Waals surface area (Å²) in [7, 11) is 0. The van der Waals surface area contributed by atoms with Crippen LogP contribution in [0.1, 0.15) is 27.5 Å². The summed E-state index contributed by atoms with van der Waals surface area (Å²) in [6, 6.07) is 23.6. The number of carbonyl (C=O) groups excluding carboxylic acids is 2. The lowest BCUT2D eigenvalue weighted by atomic mass is 9.99. The predicted octanol–water partition coefficient (Wildman–Crippen LogP) is 4.63. The second-order valence-electron chi connectivity index (χ2n) is 6.13. The molecule has 0 aliphatic rings. The Morgan fingerprint density at radius 1 is 0.786 bits per heavy atom. The Bertz CT molecular complexity index is 923. The Morgan fingerprint density at radius 2 is 1.36 bits per heavy atom. The molecule has 0 heterocycles. The van der Waals surface area contributed by atoms with Crippen molar-refractivity contribution in [3.05, 3.63) is 106 Å². The fourth-order valence-electron chi connectivity index (χ4n) is 2.76. The van der Waals surface area contributed by atoms with Gasteiger partial charge in [-0.25, -0.2) is 0 Å². The van der Waals surface area contributed by atoms with Crippen LogP contribution in [0.3, 0.4) is 0 Å². The van der Waals surface area contributed by atoms with Crippen molar-refractivity contribution in [2.75, 3.05) is 6.54 Å². The van der Waals surface area contributed by atoms with Gasteiger partial charge in [-0.2, -0.15) is 0 Å². The van der Waals surface area contributed by atoms with Crippen molar-refractivity contribution in [1.82, 2.24) is 10.6 Å². The summed E-state index contributed by atoms with van der Waals surface area (Å²) in [6.07, 6.45) is 0. The summed E-state index contributed by atoms with van der Waals surface area (Å²) < 4.78 is 0. The van der Waals surface area contributed by atoms with Gasteiger partial charge in [-0.1, -0.05) is 83.9 Å². The first kappa shape index (κ1) is 19.9. The van der Waals surface area contributed by atoms with Gasteiger partial charge in [-0.05, 0) is 29.3 Å². The lowest BCUT2D eigenvalue weighted by molar-refractivity contribution is -0.120. The third kappa shape index (κ3) is 5.12. The quantitative estimate of drug-likeness (QED) is 0.619. The fraction of sp³-hybridized carbons (Fsp3) is 0.0909. The van der Waals surface area contributed by atoms with E-state index in [0.717, 1.165) is 11.1 Å². The molecular weight excluding hydrogens is 395 g/mol. The van der Waals surface area contributed by atoms with E-state index in [2.05, 4.69) is 10.6 Å². The maximum atomic E-state index is 12.5. The highest BCUT2D eigenvalue weighted by molar-refractivity contribution is 6.42. The van der Waals surface area contributed by atoms with E-state index in [9.17, 15) is 9.59 Å². The molecule has 0 aromatic heterocycles. The third-order valence-corrected chi connectivity index (χ3v) is 4.90. The molecule has 0 bridgehead atoms. The van der Waals surface area contributed by atoms with Crippen LogP contribution in [0, 0.1) is 0 Å². The molecule has 0 saturated heterocycles. The van der Waals surface area contributed by atoms with Crippen LogP contribution in [-0.4, -0.2) is 18.4 Å². The van der Waals surface area contributed by atoms with Gasteiger partial charge in [0.1, 0.15) is 0 Å². The van der Waals surface area contributed by atoms with Gasteiger partial charge in [0.2, 0.25) is 5.91 Å². The number of hydrogen-bond donors (Lipinski definition) is 2. The zero-order valence-corrected chi connectivity index (χ0v) is 16.4. The largest absolute Gasteiger partial charge is 0.344 e. The molecule has 4 nitrogen and oxygen atoms in total. The van der Waals surface area contributed by atoms with Gasteiger partial charge in [0.25, 0.3) is 5.91 Å². The zero-order valence-electron chi connectivity index (χ0n) is 14.9. The molecule has 6 heteroatoms. The average Bonchev–Trinajstić information content (AvgIpc) is 2.73. The molecule has 0 aliphatic heterocycles. The first-order valence-electron chi connectivity index (χ1n) is 8.67.